The second-order valence-electron chi connectivity index (χ2n) is 5.37. The molecule has 1 saturated heterocycles. The standard InChI is InChI=1S/C15H20N2O/c1-15(8-5-9-16-15)12-10-17(2)14-11(12)6-4-7-13(14)18-3/h4,6-7,10,16H,5,8-9H2,1-3H3. The highest BCUT2D eigenvalue weighted by Gasteiger charge is 2.33. The molecule has 3 rings (SSSR count). The van der Waals surface area contributed by atoms with Crippen molar-refractivity contribution in [3.8, 4) is 5.75 Å². The van der Waals surface area contributed by atoms with Crippen molar-refractivity contribution in [3.05, 3.63) is 30.0 Å². The Kier molecular flexibility index (Phi) is 2.59. The maximum Gasteiger partial charge on any atom is 0.143 e. The van der Waals surface area contributed by atoms with Crippen LogP contribution in [0.25, 0.3) is 10.9 Å². The number of para-hydroxylation sites is 1. The molecule has 0 bridgehead atoms. The Hall–Kier alpha value is -1.48. The number of rotatable bonds is 2. The molecule has 18 heavy (non-hydrogen) atoms. The smallest absolute Gasteiger partial charge is 0.143 e. The summed E-state index contributed by atoms with van der Waals surface area (Å²) in [6.45, 7) is 3.41. The van der Waals surface area contributed by atoms with Crippen molar-refractivity contribution >= 4 is 10.9 Å². The summed E-state index contributed by atoms with van der Waals surface area (Å²) in [7, 11) is 3.82. The fourth-order valence-electron chi connectivity index (χ4n) is 3.16. The van der Waals surface area contributed by atoms with Gasteiger partial charge in [0.2, 0.25) is 0 Å². The SMILES string of the molecule is COc1cccc2c(C3(C)CCCN3)cn(C)c12. The molecule has 1 aromatic carbocycles. The van der Waals surface area contributed by atoms with Gasteiger partial charge >= 0.3 is 0 Å². The van der Waals surface area contributed by atoms with E-state index in [2.05, 4.69) is 42.2 Å². The predicted octanol–water partition coefficient (Wildman–Crippen LogP) is 2.79. The van der Waals surface area contributed by atoms with Gasteiger partial charge in [0.15, 0.2) is 0 Å². The Labute approximate surface area is 108 Å². The maximum absolute atomic E-state index is 5.48. The molecule has 0 saturated carbocycles. The highest BCUT2D eigenvalue weighted by molar-refractivity contribution is 5.90. The molecule has 0 amide bonds. The van der Waals surface area contributed by atoms with Gasteiger partial charge in [0.05, 0.1) is 12.6 Å². The number of hydrogen-bond acceptors (Lipinski definition) is 2. The monoisotopic (exact) mass is 244 g/mol. The molecule has 1 aliphatic rings. The molecule has 0 radical (unpaired) electrons. The third-order valence-electron chi connectivity index (χ3n) is 4.15. The van der Waals surface area contributed by atoms with Crippen LogP contribution in [0.2, 0.25) is 0 Å². The fraction of sp³-hybridized carbons (Fsp3) is 0.467. The van der Waals surface area contributed by atoms with Crippen LogP contribution in [-0.2, 0) is 12.6 Å². The Morgan fingerprint density at radius 2 is 2.22 bits per heavy atom. The molecule has 1 aliphatic heterocycles. The lowest BCUT2D eigenvalue weighted by molar-refractivity contribution is 0.418. The number of methoxy groups -OCH3 is 1. The number of hydrogen-bond donors (Lipinski definition) is 1. The van der Waals surface area contributed by atoms with Crippen molar-refractivity contribution < 1.29 is 4.74 Å². The first kappa shape index (κ1) is 11.6. The van der Waals surface area contributed by atoms with Gasteiger partial charge in [-0.2, -0.15) is 0 Å². The van der Waals surface area contributed by atoms with Gasteiger partial charge in [0.1, 0.15) is 5.75 Å². The van der Waals surface area contributed by atoms with E-state index in [0.29, 0.717) is 0 Å². The normalized spacial score (nSPS) is 23.7. The molecule has 1 fully saturated rings. The minimum Gasteiger partial charge on any atom is -0.495 e. The van der Waals surface area contributed by atoms with E-state index in [4.69, 9.17) is 4.74 Å². The lowest BCUT2D eigenvalue weighted by Crippen LogP contribution is -2.32. The average molecular weight is 244 g/mol. The molecule has 1 unspecified atom stereocenters. The van der Waals surface area contributed by atoms with Gasteiger partial charge in [0, 0.05) is 24.2 Å². The Morgan fingerprint density at radius 1 is 1.39 bits per heavy atom. The average Bonchev–Trinajstić information content (AvgIpc) is 2.95. The zero-order chi connectivity index (χ0) is 12.8. The van der Waals surface area contributed by atoms with Gasteiger partial charge in [-0.15, -0.1) is 0 Å². The predicted molar refractivity (Wildman–Crippen MR) is 74.1 cm³/mol. The minimum atomic E-state index is 0.103. The summed E-state index contributed by atoms with van der Waals surface area (Å²) in [5.74, 6) is 0.947. The first-order chi connectivity index (χ1) is 8.65. The van der Waals surface area contributed by atoms with E-state index in [1.54, 1.807) is 7.11 Å². The molecule has 1 N–H and O–H groups in total. The number of benzene rings is 1. The van der Waals surface area contributed by atoms with Crippen molar-refractivity contribution in [2.24, 2.45) is 7.05 Å². The summed E-state index contributed by atoms with van der Waals surface area (Å²) < 4.78 is 7.65. The number of fused-ring (bicyclic) bond motifs is 1. The quantitative estimate of drug-likeness (QED) is 0.879. The number of nitrogens with one attached hydrogen (secondary N) is 1. The van der Waals surface area contributed by atoms with Crippen molar-refractivity contribution in [2.75, 3.05) is 13.7 Å². The lowest BCUT2D eigenvalue weighted by atomic mass is 9.90. The highest BCUT2D eigenvalue weighted by atomic mass is 16.5. The minimum absolute atomic E-state index is 0.103. The molecule has 96 valence electrons. The topological polar surface area (TPSA) is 26.2 Å². The van der Waals surface area contributed by atoms with Crippen molar-refractivity contribution in [3.63, 3.8) is 0 Å². The molecular formula is C15H20N2O. The molecule has 1 aromatic heterocycles. The van der Waals surface area contributed by atoms with Crippen LogP contribution < -0.4 is 10.1 Å². The van der Waals surface area contributed by atoms with Crippen LogP contribution in [0.1, 0.15) is 25.3 Å². The van der Waals surface area contributed by atoms with Crippen molar-refractivity contribution in [1.29, 1.82) is 0 Å². The third kappa shape index (κ3) is 1.54. The number of ether oxygens (including phenoxy) is 1. The first-order valence-electron chi connectivity index (χ1n) is 6.53. The second kappa shape index (κ2) is 4.02. The fourth-order valence-corrected chi connectivity index (χ4v) is 3.16. The molecule has 1 atom stereocenters. The van der Waals surface area contributed by atoms with Crippen LogP contribution >= 0.6 is 0 Å². The van der Waals surface area contributed by atoms with Crippen LogP contribution in [-0.4, -0.2) is 18.2 Å². The Bertz CT molecular complexity index is 579. The molecule has 0 spiro atoms. The summed E-state index contributed by atoms with van der Waals surface area (Å²) in [5, 5.41) is 4.94. The summed E-state index contributed by atoms with van der Waals surface area (Å²) in [6.07, 6.45) is 4.69. The van der Waals surface area contributed by atoms with Crippen molar-refractivity contribution in [2.45, 2.75) is 25.3 Å². The van der Waals surface area contributed by atoms with E-state index in [1.807, 2.05) is 6.07 Å². The van der Waals surface area contributed by atoms with Crippen molar-refractivity contribution in [1.82, 2.24) is 9.88 Å². The molecule has 0 aliphatic carbocycles. The van der Waals surface area contributed by atoms with E-state index in [0.717, 1.165) is 12.3 Å². The van der Waals surface area contributed by atoms with Crippen LogP contribution in [0.3, 0.4) is 0 Å². The zero-order valence-electron chi connectivity index (χ0n) is 11.3. The van der Waals surface area contributed by atoms with Gasteiger partial charge in [-0.1, -0.05) is 12.1 Å². The van der Waals surface area contributed by atoms with Crippen LogP contribution in [0.5, 0.6) is 5.75 Å². The van der Waals surface area contributed by atoms with Gasteiger partial charge in [-0.3, -0.25) is 0 Å². The summed E-state index contributed by atoms with van der Waals surface area (Å²) in [6, 6.07) is 6.29. The first-order valence-corrected chi connectivity index (χ1v) is 6.53. The molecule has 3 nitrogen and oxygen atoms in total. The molecule has 2 heterocycles. The highest BCUT2D eigenvalue weighted by Crippen LogP contribution is 2.38. The number of aromatic nitrogens is 1. The van der Waals surface area contributed by atoms with E-state index in [-0.39, 0.29) is 5.54 Å². The van der Waals surface area contributed by atoms with E-state index < -0.39 is 0 Å². The molecular weight excluding hydrogens is 224 g/mol. The van der Waals surface area contributed by atoms with Gasteiger partial charge in [-0.05, 0) is 37.9 Å². The summed E-state index contributed by atoms with van der Waals surface area (Å²) in [5.41, 5.74) is 2.67. The van der Waals surface area contributed by atoms with Crippen LogP contribution in [0.15, 0.2) is 24.4 Å². The maximum atomic E-state index is 5.48. The summed E-state index contributed by atoms with van der Waals surface area (Å²) in [4.78, 5) is 0. The van der Waals surface area contributed by atoms with Crippen LogP contribution in [0, 0.1) is 0 Å². The van der Waals surface area contributed by atoms with E-state index in [1.165, 1.54) is 29.3 Å². The Balaban J connectivity index is 2.25. The lowest BCUT2D eigenvalue weighted by Gasteiger charge is -2.24. The largest absolute Gasteiger partial charge is 0.495 e. The number of aryl methyl sites for hydroxylation is 1. The van der Waals surface area contributed by atoms with Gasteiger partial charge in [0.25, 0.3) is 0 Å². The third-order valence-corrected chi connectivity index (χ3v) is 4.15. The van der Waals surface area contributed by atoms with E-state index >= 15 is 0 Å². The second-order valence-corrected chi connectivity index (χ2v) is 5.37. The Morgan fingerprint density at radius 3 is 2.89 bits per heavy atom. The van der Waals surface area contributed by atoms with Gasteiger partial charge < -0.3 is 14.6 Å². The van der Waals surface area contributed by atoms with Crippen LogP contribution in [0.4, 0.5) is 0 Å². The van der Waals surface area contributed by atoms with E-state index in [9.17, 15) is 0 Å². The molecule has 3 heteroatoms. The van der Waals surface area contributed by atoms with Gasteiger partial charge in [-0.25, -0.2) is 0 Å². The molecule has 2 aromatic rings. The zero-order valence-corrected chi connectivity index (χ0v) is 11.3. The number of nitrogens with zero attached hydrogens (tertiary/aromatic N) is 1. The summed E-state index contributed by atoms with van der Waals surface area (Å²) >= 11 is 0.